The summed E-state index contributed by atoms with van der Waals surface area (Å²) in [7, 11) is 0. The van der Waals surface area contributed by atoms with Crippen molar-refractivity contribution in [1.82, 2.24) is 10.2 Å². The number of hydrogen-bond donors (Lipinski definition) is 1. The zero-order chi connectivity index (χ0) is 14.7. The van der Waals surface area contributed by atoms with Crippen molar-refractivity contribution in [3.63, 3.8) is 0 Å². The lowest BCUT2D eigenvalue weighted by Crippen LogP contribution is -2.57. The van der Waals surface area contributed by atoms with E-state index in [1.807, 2.05) is 18.2 Å². The second-order valence-corrected chi connectivity index (χ2v) is 6.77. The van der Waals surface area contributed by atoms with E-state index in [0.29, 0.717) is 18.0 Å². The Morgan fingerprint density at radius 2 is 1.95 bits per heavy atom. The van der Waals surface area contributed by atoms with Gasteiger partial charge in [0.05, 0.1) is 0 Å². The first-order chi connectivity index (χ1) is 9.52. The molecule has 0 amide bonds. The summed E-state index contributed by atoms with van der Waals surface area (Å²) in [4.78, 5) is 2.53. The molecule has 1 fully saturated rings. The van der Waals surface area contributed by atoms with Crippen molar-refractivity contribution >= 4 is 23.2 Å². The zero-order valence-corrected chi connectivity index (χ0v) is 14.0. The molecular weight excluding hydrogens is 291 g/mol. The first-order valence-corrected chi connectivity index (χ1v) is 8.18. The quantitative estimate of drug-likeness (QED) is 0.896. The third-order valence-corrected chi connectivity index (χ3v) is 4.93. The highest BCUT2D eigenvalue weighted by Crippen LogP contribution is 2.28. The van der Waals surface area contributed by atoms with Crippen LogP contribution in [0.1, 0.15) is 32.8 Å². The van der Waals surface area contributed by atoms with Gasteiger partial charge in [-0.15, -0.1) is 0 Å². The fraction of sp³-hybridized carbons (Fsp3) is 0.625. The molecule has 0 spiro atoms. The van der Waals surface area contributed by atoms with Crippen LogP contribution in [0, 0.1) is 5.92 Å². The van der Waals surface area contributed by atoms with Crippen molar-refractivity contribution in [2.24, 2.45) is 5.92 Å². The maximum atomic E-state index is 6.32. The Balaban J connectivity index is 2.18. The largest absolute Gasteiger partial charge is 0.311 e. The van der Waals surface area contributed by atoms with Crippen LogP contribution < -0.4 is 5.32 Å². The van der Waals surface area contributed by atoms with Crippen molar-refractivity contribution in [3.8, 4) is 0 Å². The zero-order valence-electron chi connectivity index (χ0n) is 12.5. The summed E-state index contributed by atoms with van der Waals surface area (Å²) in [6.45, 7) is 9.71. The minimum absolute atomic E-state index is 0.533. The molecule has 0 saturated carbocycles. The van der Waals surface area contributed by atoms with E-state index < -0.39 is 0 Å². The molecule has 0 aromatic heterocycles. The maximum Gasteiger partial charge on any atom is 0.0465 e. The van der Waals surface area contributed by atoms with Gasteiger partial charge in [0.1, 0.15) is 0 Å². The molecule has 1 aliphatic rings. The molecule has 1 aromatic carbocycles. The Bertz CT molecular complexity index is 428. The molecule has 1 aliphatic heterocycles. The summed E-state index contributed by atoms with van der Waals surface area (Å²) >= 11 is 12.6. The molecule has 2 atom stereocenters. The standard InChI is InChI=1S/C16H24Cl2N2/c1-4-12-9-20(16(8-19-12)11(2)3)10-13-14(17)6-5-7-15(13)18/h5-7,11-12,16,19H,4,8-10H2,1-3H3. The highest BCUT2D eigenvalue weighted by molar-refractivity contribution is 6.35. The lowest BCUT2D eigenvalue weighted by molar-refractivity contribution is 0.0901. The van der Waals surface area contributed by atoms with Crippen molar-refractivity contribution in [1.29, 1.82) is 0 Å². The number of piperazine rings is 1. The average molecular weight is 315 g/mol. The molecule has 112 valence electrons. The lowest BCUT2D eigenvalue weighted by Gasteiger charge is -2.42. The molecule has 0 bridgehead atoms. The molecule has 2 nitrogen and oxygen atoms in total. The van der Waals surface area contributed by atoms with E-state index in [9.17, 15) is 0 Å². The van der Waals surface area contributed by atoms with Gasteiger partial charge in [0.15, 0.2) is 0 Å². The maximum absolute atomic E-state index is 6.32. The van der Waals surface area contributed by atoms with E-state index in [1.165, 1.54) is 0 Å². The third-order valence-electron chi connectivity index (χ3n) is 4.22. The van der Waals surface area contributed by atoms with Crippen LogP contribution in [-0.4, -0.2) is 30.1 Å². The van der Waals surface area contributed by atoms with E-state index >= 15 is 0 Å². The first kappa shape index (κ1) is 16.1. The predicted molar refractivity (Wildman–Crippen MR) is 87.6 cm³/mol. The van der Waals surface area contributed by atoms with E-state index in [2.05, 4.69) is 31.0 Å². The summed E-state index contributed by atoms with van der Waals surface area (Å²) in [6.07, 6.45) is 1.15. The molecule has 20 heavy (non-hydrogen) atoms. The predicted octanol–water partition coefficient (Wildman–Crippen LogP) is 4.20. The number of benzene rings is 1. The van der Waals surface area contributed by atoms with Crippen LogP contribution in [0.3, 0.4) is 0 Å². The minimum atomic E-state index is 0.533. The highest BCUT2D eigenvalue weighted by atomic mass is 35.5. The Kier molecular flexibility index (Phi) is 5.74. The van der Waals surface area contributed by atoms with Gasteiger partial charge in [-0.25, -0.2) is 0 Å². The van der Waals surface area contributed by atoms with Gasteiger partial charge >= 0.3 is 0 Å². The topological polar surface area (TPSA) is 15.3 Å². The monoisotopic (exact) mass is 314 g/mol. The van der Waals surface area contributed by atoms with Gasteiger partial charge < -0.3 is 5.32 Å². The van der Waals surface area contributed by atoms with Crippen LogP contribution in [-0.2, 0) is 6.54 Å². The van der Waals surface area contributed by atoms with Gasteiger partial charge in [0.25, 0.3) is 0 Å². The molecule has 4 heteroatoms. The van der Waals surface area contributed by atoms with E-state index in [4.69, 9.17) is 23.2 Å². The fourth-order valence-corrected chi connectivity index (χ4v) is 3.42. The van der Waals surface area contributed by atoms with E-state index in [-0.39, 0.29) is 0 Å². The number of halogens is 2. The van der Waals surface area contributed by atoms with Crippen LogP contribution in [0.25, 0.3) is 0 Å². The van der Waals surface area contributed by atoms with Gasteiger partial charge in [0.2, 0.25) is 0 Å². The van der Waals surface area contributed by atoms with Crippen LogP contribution >= 0.6 is 23.2 Å². The Morgan fingerprint density at radius 1 is 1.30 bits per heavy atom. The van der Waals surface area contributed by atoms with Crippen molar-refractivity contribution in [2.45, 2.75) is 45.8 Å². The molecule has 2 rings (SSSR count). The van der Waals surface area contributed by atoms with Gasteiger partial charge in [-0.05, 0) is 24.5 Å². The highest BCUT2D eigenvalue weighted by Gasteiger charge is 2.29. The number of rotatable bonds is 4. The smallest absolute Gasteiger partial charge is 0.0465 e. The second kappa shape index (κ2) is 7.13. The van der Waals surface area contributed by atoms with Gasteiger partial charge in [0, 0.05) is 47.3 Å². The fourth-order valence-electron chi connectivity index (χ4n) is 2.90. The Morgan fingerprint density at radius 3 is 2.50 bits per heavy atom. The second-order valence-electron chi connectivity index (χ2n) is 5.95. The Labute approximate surface area is 132 Å². The van der Waals surface area contributed by atoms with Crippen LogP contribution in [0.4, 0.5) is 0 Å². The van der Waals surface area contributed by atoms with E-state index in [0.717, 1.165) is 41.7 Å². The third kappa shape index (κ3) is 3.67. The number of nitrogens with one attached hydrogen (secondary N) is 1. The van der Waals surface area contributed by atoms with Crippen LogP contribution in [0.15, 0.2) is 18.2 Å². The van der Waals surface area contributed by atoms with Gasteiger partial charge in [-0.2, -0.15) is 0 Å². The lowest BCUT2D eigenvalue weighted by atomic mass is 9.97. The number of hydrogen-bond acceptors (Lipinski definition) is 2. The molecule has 0 radical (unpaired) electrons. The minimum Gasteiger partial charge on any atom is -0.311 e. The van der Waals surface area contributed by atoms with Crippen LogP contribution in [0.5, 0.6) is 0 Å². The Hall–Kier alpha value is -0.280. The molecule has 1 saturated heterocycles. The average Bonchev–Trinajstić information content (AvgIpc) is 2.42. The van der Waals surface area contributed by atoms with E-state index in [1.54, 1.807) is 0 Å². The number of nitrogens with zero attached hydrogens (tertiary/aromatic N) is 1. The van der Waals surface area contributed by atoms with Crippen molar-refractivity contribution in [3.05, 3.63) is 33.8 Å². The summed E-state index contributed by atoms with van der Waals surface area (Å²) in [5, 5.41) is 5.18. The molecule has 1 heterocycles. The summed E-state index contributed by atoms with van der Waals surface area (Å²) < 4.78 is 0. The van der Waals surface area contributed by atoms with Crippen molar-refractivity contribution in [2.75, 3.05) is 13.1 Å². The van der Waals surface area contributed by atoms with Crippen molar-refractivity contribution < 1.29 is 0 Å². The van der Waals surface area contributed by atoms with Crippen LogP contribution in [0.2, 0.25) is 10.0 Å². The summed E-state index contributed by atoms with van der Waals surface area (Å²) in [5.41, 5.74) is 1.05. The summed E-state index contributed by atoms with van der Waals surface area (Å²) in [6, 6.07) is 6.84. The molecule has 1 N–H and O–H groups in total. The SMILES string of the molecule is CCC1CN(Cc2c(Cl)cccc2Cl)C(C(C)C)CN1. The molecule has 0 aliphatic carbocycles. The molecule has 1 aromatic rings. The van der Waals surface area contributed by atoms with Gasteiger partial charge in [-0.1, -0.05) is 50.0 Å². The first-order valence-electron chi connectivity index (χ1n) is 7.43. The van der Waals surface area contributed by atoms with Gasteiger partial charge in [-0.3, -0.25) is 4.90 Å². The molecule has 2 unspecified atom stereocenters. The summed E-state index contributed by atoms with van der Waals surface area (Å²) in [5.74, 6) is 0.613. The molecular formula is C16H24Cl2N2. The normalized spacial score (nSPS) is 24.3.